The summed E-state index contributed by atoms with van der Waals surface area (Å²) in [5, 5.41) is 8.61. The lowest BCUT2D eigenvalue weighted by Crippen LogP contribution is -2.63. The molecule has 1 aliphatic heterocycles. The standard InChI is InChI=1S/C14H18N2O5/c1-14(21-6-12(17)18)7-16(8-14)13(19)10-5-9(20-2)3-4-11(10)15/h3-5H,6-8,15H2,1-2H3,(H,17,18). The molecule has 1 heterocycles. The molecular formula is C14H18N2O5. The summed E-state index contributed by atoms with van der Waals surface area (Å²) in [4.78, 5) is 24.4. The molecule has 7 nitrogen and oxygen atoms in total. The van der Waals surface area contributed by atoms with Crippen LogP contribution in [0.4, 0.5) is 5.69 Å². The van der Waals surface area contributed by atoms with Gasteiger partial charge in [0.05, 0.1) is 25.8 Å². The number of carbonyl (C=O) groups is 2. The predicted molar refractivity (Wildman–Crippen MR) is 75.3 cm³/mol. The number of ether oxygens (including phenoxy) is 2. The normalized spacial score (nSPS) is 16.2. The number of carboxylic acids is 1. The van der Waals surface area contributed by atoms with Crippen LogP contribution in [0.5, 0.6) is 5.75 Å². The van der Waals surface area contributed by atoms with Crippen LogP contribution in [0, 0.1) is 0 Å². The number of anilines is 1. The number of rotatable bonds is 5. The summed E-state index contributed by atoms with van der Waals surface area (Å²) in [6.07, 6.45) is 0. The topological polar surface area (TPSA) is 102 Å². The first kappa shape index (κ1) is 15.1. The first-order valence-corrected chi connectivity index (χ1v) is 6.43. The zero-order valence-corrected chi connectivity index (χ0v) is 12.0. The molecule has 114 valence electrons. The fourth-order valence-corrected chi connectivity index (χ4v) is 2.25. The largest absolute Gasteiger partial charge is 0.497 e. The second-order valence-corrected chi connectivity index (χ2v) is 5.25. The molecule has 1 fully saturated rings. The minimum absolute atomic E-state index is 0.220. The fraction of sp³-hybridized carbons (Fsp3) is 0.429. The van der Waals surface area contributed by atoms with E-state index in [0.29, 0.717) is 30.1 Å². The quantitative estimate of drug-likeness (QED) is 0.771. The summed E-state index contributed by atoms with van der Waals surface area (Å²) in [6, 6.07) is 4.89. The molecule has 1 amide bonds. The van der Waals surface area contributed by atoms with Crippen LogP contribution in [0.15, 0.2) is 18.2 Å². The van der Waals surface area contributed by atoms with Crippen molar-refractivity contribution in [2.24, 2.45) is 0 Å². The van der Waals surface area contributed by atoms with E-state index in [1.807, 2.05) is 0 Å². The van der Waals surface area contributed by atoms with Gasteiger partial charge in [-0.3, -0.25) is 4.79 Å². The molecule has 1 aliphatic rings. The van der Waals surface area contributed by atoms with E-state index in [1.165, 1.54) is 7.11 Å². The van der Waals surface area contributed by atoms with Gasteiger partial charge in [-0.2, -0.15) is 0 Å². The summed E-state index contributed by atoms with van der Waals surface area (Å²) >= 11 is 0. The van der Waals surface area contributed by atoms with Gasteiger partial charge in [-0.15, -0.1) is 0 Å². The van der Waals surface area contributed by atoms with Crippen LogP contribution in [-0.2, 0) is 9.53 Å². The second-order valence-electron chi connectivity index (χ2n) is 5.25. The lowest BCUT2D eigenvalue weighted by Gasteiger charge is -2.47. The molecule has 1 aromatic rings. The number of aliphatic carboxylic acids is 1. The molecule has 0 radical (unpaired) electrons. The van der Waals surface area contributed by atoms with Gasteiger partial charge < -0.3 is 25.2 Å². The highest BCUT2D eigenvalue weighted by Crippen LogP contribution is 2.29. The Morgan fingerprint density at radius 3 is 2.67 bits per heavy atom. The SMILES string of the molecule is COc1ccc(N)c(C(=O)N2CC(C)(OCC(=O)O)C2)c1. The maximum atomic E-state index is 12.4. The third-order valence-electron chi connectivity index (χ3n) is 3.37. The second kappa shape index (κ2) is 5.61. The van der Waals surface area contributed by atoms with Gasteiger partial charge >= 0.3 is 5.97 Å². The average molecular weight is 294 g/mol. The summed E-state index contributed by atoms with van der Waals surface area (Å²) in [6.45, 7) is 2.06. The van der Waals surface area contributed by atoms with Gasteiger partial charge in [-0.05, 0) is 25.1 Å². The highest BCUT2D eigenvalue weighted by Gasteiger charge is 2.43. The third-order valence-corrected chi connectivity index (χ3v) is 3.37. The zero-order valence-electron chi connectivity index (χ0n) is 12.0. The van der Waals surface area contributed by atoms with Crippen LogP contribution in [0.2, 0.25) is 0 Å². The van der Waals surface area contributed by atoms with Crippen LogP contribution in [-0.4, -0.2) is 54.3 Å². The van der Waals surface area contributed by atoms with Gasteiger partial charge in [0.25, 0.3) is 5.91 Å². The maximum absolute atomic E-state index is 12.4. The molecule has 0 spiro atoms. The molecule has 0 atom stereocenters. The van der Waals surface area contributed by atoms with Crippen molar-refractivity contribution < 1.29 is 24.2 Å². The van der Waals surface area contributed by atoms with Gasteiger partial charge in [0.1, 0.15) is 18.0 Å². The lowest BCUT2D eigenvalue weighted by atomic mass is 9.95. The third kappa shape index (κ3) is 3.25. The van der Waals surface area contributed by atoms with E-state index in [-0.39, 0.29) is 12.5 Å². The molecule has 3 N–H and O–H groups in total. The number of nitrogen functional groups attached to an aromatic ring is 1. The molecule has 0 unspecified atom stereocenters. The molecule has 2 rings (SSSR count). The number of nitrogens with zero attached hydrogens (tertiary/aromatic N) is 1. The summed E-state index contributed by atoms with van der Waals surface area (Å²) < 4.78 is 10.3. The highest BCUT2D eigenvalue weighted by atomic mass is 16.5. The van der Waals surface area contributed by atoms with Crippen molar-refractivity contribution in [3.05, 3.63) is 23.8 Å². The monoisotopic (exact) mass is 294 g/mol. The smallest absolute Gasteiger partial charge is 0.329 e. The Hall–Kier alpha value is -2.28. The van der Waals surface area contributed by atoms with Crippen molar-refractivity contribution in [1.29, 1.82) is 0 Å². The van der Waals surface area contributed by atoms with E-state index in [0.717, 1.165) is 0 Å². The van der Waals surface area contributed by atoms with Crippen molar-refractivity contribution in [3.8, 4) is 5.75 Å². The number of hydrogen-bond acceptors (Lipinski definition) is 5. The van der Waals surface area contributed by atoms with E-state index in [4.69, 9.17) is 20.3 Å². The van der Waals surface area contributed by atoms with Gasteiger partial charge in [-0.25, -0.2) is 4.79 Å². The summed E-state index contributed by atoms with van der Waals surface area (Å²) in [7, 11) is 1.51. The van der Waals surface area contributed by atoms with E-state index >= 15 is 0 Å². The average Bonchev–Trinajstić information content (AvgIpc) is 2.42. The number of carboxylic acid groups (broad SMARTS) is 1. The van der Waals surface area contributed by atoms with Crippen LogP contribution in [0.1, 0.15) is 17.3 Å². The fourth-order valence-electron chi connectivity index (χ4n) is 2.25. The first-order valence-electron chi connectivity index (χ1n) is 6.43. The van der Waals surface area contributed by atoms with Gasteiger partial charge in [0.15, 0.2) is 0 Å². The molecule has 0 saturated carbocycles. The number of carbonyl (C=O) groups excluding carboxylic acids is 1. The van der Waals surface area contributed by atoms with Crippen molar-refractivity contribution in [3.63, 3.8) is 0 Å². The molecule has 7 heteroatoms. The number of likely N-dealkylation sites (tertiary alicyclic amines) is 1. The Labute approximate surface area is 122 Å². The molecule has 1 saturated heterocycles. The Kier molecular flexibility index (Phi) is 4.04. The van der Waals surface area contributed by atoms with Crippen LogP contribution in [0.3, 0.4) is 0 Å². The van der Waals surface area contributed by atoms with Crippen molar-refractivity contribution >= 4 is 17.6 Å². The number of amides is 1. The Morgan fingerprint density at radius 1 is 1.43 bits per heavy atom. The molecule has 0 bridgehead atoms. The number of nitrogens with two attached hydrogens (primary N) is 1. The number of benzene rings is 1. The highest BCUT2D eigenvalue weighted by molar-refractivity contribution is 6.00. The van der Waals surface area contributed by atoms with Gasteiger partial charge in [0, 0.05) is 5.69 Å². The van der Waals surface area contributed by atoms with E-state index < -0.39 is 11.6 Å². The molecule has 21 heavy (non-hydrogen) atoms. The molecule has 0 aromatic heterocycles. The summed E-state index contributed by atoms with van der Waals surface area (Å²) in [5.41, 5.74) is 5.94. The summed E-state index contributed by atoms with van der Waals surface area (Å²) in [5.74, 6) is -0.696. The number of methoxy groups -OCH3 is 1. The van der Waals surface area contributed by atoms with Gasteiger partial charge in [-0.1, -0.05) is 0 Å². The molecular weight excluding hydrogens is 276 g/mol. The van der Waals surface area contributed by atoms with Crippen LogP contribution < -0.4 is 10.5 Å². The molecule has 1 aromatic carbocycles. The maximum Gasteiger partial charge on any atom is 0.329 e. The molecule has 0 aliphatic carbocycles. The van der Waals surface area contributed by atoms with Gasteiger partial charge in [0.2, 0.25) is 0 Å². The van der Waals surface area contributed by atoms with Crippen molar-refractivity contribution in [2.75, 3.05) is 32.5 Å². The Morgan fingerprint density at radius 2 is 2.10 bits per heavy atom. The zero-order chi connectivity index (χ0) is 15.6. The van der Waals surface area contributed by atoms with E-state index in [1.54, 1.807) is 30.0 Å². The van der Waals surface area contributed by atoms with E-state index in [9.17, 15) is 9.59 Å². The van der Waals surface area contributed by atoms with Crippen molar-refractivity contribution in [1.82, 2.24) is 4.90 Å². The predicted octanol–water partition coefficient (Wildman–Crippen LogP) is 0.593. The minimum Gasteiger partial charge on any atom is -0.497 e. The van der Waals surface area contributed by atoms with Crippen LogP contribution >= 0.6 is 0 Å². The Bertz CT molecular complexity index is 566. The van der Waals surface area contributed by atoms with Crippen LogP contribution in [0.25, 0.3) is 0 Å². The number of hydrogen-bond donors (Lipinski definition) is 2. The van der Waals surface area contributed by atoms with E-state index in [2.05, 4.69) is 0 Å². The first-order chi connectivity index (χ1) is 9.84. The Balaban J connectivity index is 2.02. The minimum atomic E-state index is -1.03. The van der Waals surface area contributed by atoms with Crippen molar-refractivity contribution in [2.45, 2.75) is 12.5 Å². The lowest BCUT2D eigenvalue weighted by molar-refractivity contribution is -0.159.